The van der Waals surface area contributed by atoms with Gasteiger partial charge in [0, 0.05) is 15.2 Å². The molecule has 0 aromatic heterocycles. The molecule has 0 spiro atoms. The van der Waals surface area contributed by atoms with Gasteiger partial charge in [-0.15, -0.1) is 0 Å². The van der Waals surface area contributed by atoms with Gasteiger partial charge in [-0.05, 0) is 37.1 Å². The van der Waals surface area contributed by atoms with Crippen LogP contribution in [0.3, 0.4) is 0 Å². The van der Waals surface area contributed by atoms with Gasteiger partial charge in [-0.2, -0.15) is 0 Å². The average molecular weight is 328 g/mol. The molecule has 0 saturated carbocycles. The van der Waals surface area contributed by atoms with Crippen LogP contribution in [0.5, 0.6) is 5.75 Å². The minimum Gasteiger partial charge on any atom is -0.494 e. The molecule has 0 N–H and O–H groups in total. The summed E-state index contributed by atoms with van der Waals surface area (Å²) < 4.78 is 27.7. The predicted octanol–water partition coefficient (Wildman–Crippen LogP) is 3.18. The summed E-state index contributed by atoms with van der Waals surface area (Å²) in [6, 6.07) is 7.47. The third kappa shape index (κ3) is 6.35. The Hall–Kier alpha value is -0.260. The normalized spacial score (nSPS) is 11.4. The maximum Gasteiger partial charge on any atom is 0.232 e. The highest BCUT2D eigenvalue weighted by Gasteiger charge is 2.03. The molecule has 0 fully saturated rings. The zero-order valence-electron chi connectivity index (χ0n) is 8.53. The van der Waals surface area contributed by atoms with Crippen molar-refractivity contribution in [1.82, 2.24) is 0 Å². The van der Waals surface area contributed by atoms with Gasteiger partial charge in [-0.25, -0.2) is 8.42 Å². The number of halogens is 2. The summed E-state index contributed by atoms with van der Waals surface area (Å²) in [5.74, 6) is 0.773. The van der Waals surface area contributed by atoms with Crippen molar-refractivity contribution in [2.75, 3.05) is 12.4 Å². The summed E-state index contributed by atoms with van der Waals surface area (Å²) in [5.41, 5.74) is 0. The fraction of sp³-hybridized carbons (Fsp3) is 0.400. The van der Waals surface area contributed by atoms with Crippen LogP contribution < -0.4 is 4.74 Å². The number of hydrogen-bond donors (Lipinski definition) is 0. The molecule has 0 amide bonds. The second-order valence-electron chi connectivity index (χ2n) is 3.25. The zero-order chi connectivity index (χ0) is 12.0. The van der Waals surface area contributed by atoms with Crippen molar-refractivity contribution in [1.29, 1.82) is 0 Å². The Bertz CT molecular complexity index is 416. The van der Waals surface area contributed by atoms with Gasteiger partial charge in [0.25, 0.3) is 0 Å². The monoisotopic (exact) mass is 326 g/mol. The van der Waals surface area contributed by atoms with Crippen molar-refractivity contribution < 1.29 is 13.2 Å². The van der Waals surface area contributed by atoms with Crippen LogP contribution in [0, 0.1) is 0 Å². The smallest absolute Gasteiger partial charge is 0.232 e. The van der Waals surface area contributed by atoms with E-state index in [1.165, 1.54) is 0 Å². The Balaban J connectivity index is 2.19. The van der Waals surface area contributed by atoms with Crippen LogP contribution in [0.2, 0.25) is 0 Å². The Morgan fingerprint density at radius 1 is 1.19 bits per heavy atom. The molecule has 0 saturated heterocycles. The van der Waals surface area contributed by atoms with Gasteiger partial charge in [-0.1, -0.05) is 15.9 Å². The molecule has 0 bridgehead atoms. The molecule has 0 atom stereocenters. The first-order valence-electron chi connectivity index (χ1n) is 4.78. The van der Waals surface area contributed by atoms with Crippen LogP contribution in [0.4, 0.5) is 0 Å². The molecular formula is C10H12BrClO3S. The molecule has 90 valence electrons. The molecule has 1 aromatic rings. The van der Waals surface area contributed by atoms with E-state index < -0.39 is 9.05 Å². The van der Waals surface area contributed by atoms with Gasteiger partial charge in [0.15, 0.2) is 0 Å². The Labute approximate surface area is 108 Å². The van der Waals surface area contributed by atoms with Crippen LogP contribution in [0.15, 0.2) is 28.7 Å². The van der Waals surface area contributed by atoms with E-state index in [1.807, 2.05) is 24.3 Å². The highest BCUT2D eigenvalue weighted by atomic mass is 79.9. The minimum absolute atomic E-state index is 0.00173. The maximum absolute atomic E-state index is 10.6. The van der Waals surface area contributed by atoms with E-state index in [0.717, 1.165) is 10.2 Å². The Kier molecular flexibility index (Phi) is 5.58. The number of ether oxygens (including phenoxy) is 1. The summed E-state index contributed by atoms with van der Waals surface area (Å²) >= 11 is 3.32. The molecule has 6 heteroatoms. The quantitative estimate of drug-likeness (QED) is 0.595. The lowest BCUT2D eigenvalue weighted by Gasteiger charge is -2.05. The van der Waals surface area contributed by atoms with Gasteiger partial charge in [0.2, 0.25) is 9.05 Å². The van der Waals surface area contributed by atoms with Crippen LogP contribution >= 0.6 is 26.6 Å². The van der Waals surface area contributed by atoms with Crippen molar-refractivity contribution in [2.24, 2.45) is 0 Å². The van der Waals surface area contributed by atoms with E-state index in [-0.39, 0.29) is 5.75 Å². The molecule has 0 unspecified atom stereocenters. The lowest BCUT2D eigenvalue weighted by atomic mass is 10.3. The lowest BCUT2D eigenvalue weighted by molar-refractivity contribution is 0.309. The van der Waals surface area contributed by atoms with Gasteiger partial charge < -0.3 is 4.74 Å². The Morgan fingerprint density at radius 2 is 1.81 bits per heavy atom. The van der Waals surface area contributed by atoms with Crippen LogP contribution in [-0.2, 0) is 9.05 Å². The first-order chi connectivity index (χ1) is 7.47. The molecule has 3 nitrogen and oxygen atoms in total. The molecule has 0 aliphatic carbocycles. The SMILES string of the molecule is O=S(=O)(Cl)CCCCOc1ccc(Br)cc1. The first-order valence-corrected chi connectivity index (χ1v) is 8.05. The van der Waals surface area contributed by atoms with Crippen LogP contribution in [0.1, 0.15) is 12.8 Å². The van der Waals surface area contributed by atoms with Crippen LogP contribution in [-0.4, -0.2) is 20.8 Å². The molecular weight excluding hydrogens is 316 g/mol. The van der Waals surface area contributed by atoms with Gasteiger partial charge in [0.1, 0.15) is 5.75 Å². The predicted molar refractivity (Wildman–Crippen MR) is 68.5 cm³/mol. The van der Waals surface area contributed by atoms with Gasteiger partial charge >= 0.3 is 0 Å². The number of hydrogen-bond acceptors (Lipinski definition) is 3. The fourth-order valence-corrected chi connectivity index (χ4v) is 2.24. The summed E-state index contributed by atoms with van der Waals surface area (Å²) in [7, 11) is 1.71. The molecule has 0 aliphatic heterocycles. The van der Waals surface area contributed by atoms with Gasteiger partial charge in [0.05, 0.1) is 12.4 Å². The lowest BCUT2D eigenvalue weighted by Crippen LogP contribution is -2.02. The second-order valence-corrected chi connectivity index (χ2v) is 7.06. The zero-order valence-corrected chi connectivity index (χ0v) is 11.7. The molecule has 16 heavy (non-hydrogen) atoms. The summed E-state index contributed by atoms with van der Waals surface area (Å²) in [5, 5.41) is 0. The minimum atomic E-state index is -3.36. The maximum atomic E-state index is 10.6. The summed E-state index contributed by atoms with van der Waals surface area (Å²) in [6.45, 7) is 0.494. The van der Waals surface area contributed by atoms with Crippen molar-refractivity contribution >= 4 is 35.7 Å². The summed E-state index contributed by atoms with van der Waals surface area (Å²) in [6.07, 6.45) is 1.18. The topological polar surface area (TPSA) is 43.4 Å². The Morgan fingerprint density at radius 3 is 2.38 bits per heavy atom. The number of rotatable bonds is 6. The van der Waals surface area contributed by atoms with Crippen molar-refractivity contribution in [3.05, 3.63) is 28.7 Å². The van der Waals surface area contributed by atoms with Gasteiger partial charge in [-0.3, -0.25) is 0 Å². The third-order valence-corrected chi connectivity index (χ3v) is 3.63. The second kappa shape index (κ2) is 6.47. The summed E-state index contributed by atoms with van der Waals surface area (Å²) in [4.78, 5) is 0. The van der Waals surface area contributed by atoms with E-state index in [2.05, 4.69) is 15.9 Å². The van der Waals surface area contributed by atoms with E-state index in [0.29, 0.717) is 19.4 Å². The highest BCUT2D eigenvalue weighted by molar-refractivity contribution is 9.10. The average Bonchev–Trinajstić information content (AvgIpc) is 2.19. The van der Waals surface area contributed by atoms with E-state index in [9.17, 15) is 8.42 Å². The molecule has 0 aliphatic rings. The third-order valence-electron chi connectivity index (χ3n) is 1.86. The largest absolute Gasteiger partial charge is 0.494 e. The molecule has 0 radical (unpaired) electrons. The fourth-order valence-electron chi connectivity index (χ4n) is 1.10. The van der Waals surface area contributed by atoms with Crippen LogP contribution in [0.25, 0.3) is 0 Å². The molecule has 1 rings (SSSR count). The standard InChI is InChI=1S/C10H12BrClO3S/c11-9-3-5-10(6-4-9)15-7-1-2-8-16(12,13)14/h3-6H,1-2,7-8H2. The highest BCUT2D eigenvalue weighted by Crippen LogP contribution is 2.16. The number of unbranched alkanes of at least 4 members (excludes halogenated alkanes) is 1. The van der Waals surface area contributed by atoms with Crippen molar-refractivity contribution in [3.8, 4) is 5.75 Å². The van der Waals surface area contributed by atoms with E-state index in [4.69, 9.17) is 15.4 Å². The van der Waals surface area contributed by atoms with E-state index >= 15 is 0 Å². The van der Waals surface area contributed by atoms with Crippen molar-refractivity contribution in [3.63, 3.8) is 0 Å². The molecule has 0 heterocycles. The molecule has 1 aromatic carbocycles. The number of benzene rings is 1. The van der Waals surface area contributed by atoms with Crippen molar-refractivity contribution in [2.45, 2.75) is 12.8 Å². The van der Waals surface area contributed by atoms with E-state index in [1.54, 1.807) is 0 Å². The first kappa shape index (κ1) is 13.8.